The van der Waals surface area contributed by atoms with Gasteiger partial charge in [-0.2, -0.15) is 0 Å². The molecule has 1 fully saturated rings. The Labute approximate surface area is 92.6 Å². The molecule has 0 saturated carbocycles. The Kier molecular flexibility index (Phi) is 4.11. The average molecular weight is 213 g/mol. The van der Waals surface area contributed by atoms with Crippen molar-refractivity contribution < 1.29 is 4.79 Å². The number of carbonyl (C=O) groups is 1. The molecule has 0 aromatic rings. The molecule has 0 radical (unpaired) electrons. The molecule has 1 N–H and O–H groups in total. The van der Waals surface area contributed by atoms with Crippen LogP contribution in [-0.4, -0.2) is 61.5 Å². The van der Waals surface area contributed by atoms with E-state index in [1.54, 1.807) is 0 Å². The minimum absolute atomic E-state index is 0.0402. The van der Waals surface area contributed by atoms with Crippen LogP contribution in [-0.2, 0) is 4.79 Å². The number of hydrogen-bond acceptors (Lipinski definition) is 3. The Morgan fingerprint density at radius 1 is 1.47 bits per heavy atom. The molecule has 0 aromatic carbocycles. The monoisotopic (exact) mass is 213 g/mol. The zero-order valence-electron chi connectivity index (χ0n) is 10.3. The van der Waals surface area contributed by atoms with Crippen molar-refractivity contribution in [1.29, 1.82) is 0 Å². The number of rotatable bonds is 2. The Hall–Kier alpha value is -0.610. The van der Waals surface area contributed by atoms with Crippen molar-refractivity contribution >= 4 is 5.91 Å². The molecule has 0 atom stereocenters. The maximum absolute atomic E-state index is 11.9. The molecule has 0 aliphatic carbocycles. The molecule has 1 amide bonds. The lowest BCUT2D eigenvalue weighted by Gasteiger charge is -2.30. The van der Waals surface area contributed by atoms with Crippen LogP contribution in [0.5, 0.6) is 0 Å². The fourth-order valence-electron chi connectivity index (χ4n) is 1.89. The molecule has 1 aliphatic rings. The molecule has 1 rings (SSSR count). The van der Waals surface area contributed by atoms with Crippen LogP contribution in [0.4, 0.5) is 0 Å². The maximum atomic E-state index is 11.9. The molecule has 88 valence electrons. The minimum Gasteiger partial charge on any atom is -0.340 e. The highest BCUT2D eigenvalue weighted by Gasteiger charge is 2.26. The maximum Gasteiger partial charge on any atom is 0.236 e. The Bertz CT molecular complexity index is 226. The average Bonchev–Trinajstić information content (AvgIpc) is 2.25. The van der Waals surface area contributed by atoms with Gasteiger partial charge >= 0.3 is 0 Å². The zero-order valence-corrected chi connectivity index (χ0v) is 10.3. The third-order valence-electron chi connectivity index (χ3n) is 2.60. The lowest BCUT2D eigenvalue weighted by molar-refractivity contribution is -0.132. The lowest BCUT2D eigenvalue weighted by atomic mass is 10.1. The molecule has 1 saturated heterocycles. The minimum atomic E-state index is 0.0402. The first kappa shape index (κ1) is 12.5. The number of likely N-dealkylation sites (N-methyl/N-ethyl adjacent to an activating group) is 1. The van der Waals surface area contributed by atoms with Crippen LogP contribution in [0.25, 0.3) is 0 Å². The van der Waals surface area contributed by atoms with Crippen LogP contribution in [0.3, 0.4) is 0 Å². The molecule has 0 bridgehead atoms. The molecule has 0 aromatic heterocycles. The Morgan fingerprint density at radius 2 is 2.13 bits per heavy atom. The predicted molar refractivity (Wildman–Crippen MR) is 61.8 cm³/mol. The fourth-order valence-corrected chi connectivity index (χ4v) is 1.89. The second-order valence-corrected chi connectivity index (χ2v) is 5.22. The third-order valence-corrected chi connectivity index (χ3v) is 2.60. The van der Waals surface area contributed by atoms with E-state index in [4.69, 9.17) is 0 Å². The third kappa shape index (κ3) is 4.18. The predicted octanol–water partition coefficient (Wildman–Crippen LogP) is 0.149. The lowest BCUT2D eigenvalue weighted by Crippen LogP contribution is -2.49. The van der Waals surface area contributed by atoms with E-state index in [0.29, 0.717) is 6.54 Å². The van der Waals surface area contributed by atoms with Gasteiger partial charge in [-0.05, 0) is 40.9 Å². The van der Waals surface area contributed by atoms with Crippen LogP contribution < -0.4 is 5.32 Å². The highest BCUT2D eigenvalue weighted by Crippen LogP contribution is 2.10. The topological polar surface area (TPSA) is 35.6 Å². The first-order valence-electron chi connectivity index (χ1n) is 5.58. The van der Waals surface area contributed by atoms with Gasteiger partial charge in [0.15, 0.2) is 0 Å². The number of nitrogens with one attached hydrogen (secondary N) is 1. The smallest absolute Gasteiger partial charge is 0.236 e. The highest BCUT2D eigenvalue weighted by atomic mass is 16.2. The zero-order chi connectivity index (χ0) is 11.5. The van der Waals surface area contributed by atoms with E-state index in [9.17, 15) is 4.79 Å². The van der Waals surface area contributed by atoms with Gasteiger partial charge in [0.05, 0.1) is 6.54 Å². The van der Waals surface area contributed by atoms with Gasteiger partial charge in [0.1, 0.15) is 0 Å². The quantitative estimate of drug-likeness (QED) is 0.709. The van der Waals surface area contributed by atoms with Crippen molar-refractivity contribution in [3.8, 4) is 0 Å². The van der Waals surface area contributed by atoms with E-state index >= 15 is 0 Å². The summed E-state index contributed by atoms with van der Waals surface area (Å²) < 4.78 is 0. The summed E-state index contributed by atoms with van der Waals surface area (Å²) in [5, 5.41) is 3.45. The molecule has 0 unspecified atom stereocenters. The van der Waals surface area contributed by atoms with E-state index in [2.05, 4.69) is 19.2 Å². The van der Waals surface area contributed by atoms with Crippen LogP contribution >= 0.6 is 0 Å². The van der Waals surface area contributed by atoms with Crippen molar-refractivity contribution in [2.45, 2.75) is 25.8 Å². The fraction of sp³-hybridized carbons (Fsp3) is 0.909. The van der Waals surface area contributed by atoms with Gasteiger partial charge in [-0.15, -0.1) is 0 Å². The van der Waals surface area contributed by atoms with Crippen molar-refractivity contribution in [3.05, 3.63) is 0 Å². The second-order valence-electron chi connectivity index (χ2n) is 5.22. The van der Waals surface area contributed by atoms with Crippen LogP contribution in [0, 0.1) is 0 Å². The molecular weight excluding hydrogens is 190 g/mol. The van der Waals surface area contributed by atoms with Crippen LogP contribution in [0.1, 0.15) is 20.3 Å². The van der Waals surface area contributed by atoms with E-state index in [0.717, 1.165) is 26.1 Å². The first-order valence-corrected chi connectivity index (χ1v) is 5.58. The second kappa shape index (κ2) is 4.94. The normalized spacial score (nSPS) is 21.5. The van der Waals surface area contributed by atoms with Crippen LogP contribution in [0.15, 0.2) is 0 Å². The van der Waals surface area contributed by atoms with Gasteiger partial charge in [0.25, 0.3) is 0 Å². The molecule has 4 nitrogen and oxygen atoms in total. The summed E-state index contributed by atoms with van der Waals surface area (Å²) in [5.74, 6) is 0.233. The Morgan fingerprint density at radius 3 is 2.73 bits per heavy atom. The van der Waals surface area contributed by atoms with Gasteiger partial charge in [0.2, 0.25) is 5.91 Å². The van der Waals surface area contributed by atoms with Gasteiger partial charge < -0.3 is 15.1 Å². The van der Waals surface area contributed by atoms with Crippen molar-refractivity contribution in [3.63, 3.8) is 0 Å². The summed E-state index contributed by atoms with van der Waals surface area (Å²) in [6.07, 6.45) is 1.04. The molecule has 1 heterocycles. The summed E-state index contributed by atoms with van der Waals surface area (Å²) in [6.45, 7) is 7.49. The Balaban J connectivity index is 2.56. The van der Waals surface area contributed by atoms with Gasteiger partial charge in [-0.1, -0.05) is 0 Å². The molecular formula is C11H23N3O. The van der Waals surface area contributed by atoms with E-state index in [1.807, 2.05) is 23.9 Å². The molecule has 4 heteroatoms. The summed E-state index contributed by atoms with van der Waals surface area (Å²) in [5.41, 5.74) is 0.0402. The van der Waals surface area contributed by atoms with Gasteiger partial charge in [-0.25, -0.2) is 0 Å². The summed E-state index contributed by atoms with van der Waals surface area (Å²) in [6, 6.07) is 0. The standard InChI is InChI=1S/C11H23N3O/c1-11(2)9-14(7-5-6-12-11)10(15)8-13(3)4/h12H,5-9H2,1-4H3. The summed E-state index contributed by atoms with van der Waals surface area (Å²) >= 11 is 0. The molecule has 0 spiro atoms. The molecule has 15 heavy (non-hydrogen) atoms. The van der Waals surface area contributed by atoms with Crippen molar-refractivity contribution in [2.24, 2.45) is 0 Å². The summed E-state index contributed by atoms with van der Waals surface area (Å²) in [4.78, 5) is 15.8. The highest BCUT2D eigenvalue weighted by molar-refractivity contribution is 5.78. The van der Waals surface area contributed by atoms with Crippen molar-refractivity contribution in [2.75, 3.05) is 40.3 Å². The van der Waals surface area contributed by atoms with E-state index in [1.165, 1.54) is 0 Å². The number of amides is 1. The largest absolute Gasteiger partial charge is 0.340 e. The van der Waals surface area contributed by atoms with Gasteiger partial charge in [-0.3, -0.25) is 4.79 Å². The first-order chi connectivity index (χ1) is 6.91. The molecule has 1 aliphatic heterocycles. The van der Waals surface area contributed by atoms with E-state index in [-0.39, 0.29) is 11.4 Å². The number of hydrogen-bond donors (Lipinski definition) is 1. The SMILES string of the molecule is CN(C)CC(=O)N1CCCNC(C)(C)C1. The van der Waals surface area contributed by atoms with Gasteiger partial charge in [0, 0.05) is 18.6 Å². The number of carbonyl (C=O) groups excluding carboxylic acids is 1. The van der Waals surface area contributed by atoms with Crippen molar-refractivity contribution in [1.82, 2.24) is 15.1 Å². The summed E-state index contributed by atoms with van der Waals surface area (Å²) in [7, 11) is 3.86. The van der Waals surface area contributed by atoms with Crippen LogP contribution in [0.2, 0.25) is 0 Å². The van der Waals surface area contributed by atoms with E-state index < -0.39 is 0 Å². The number of nitrogens with zero attached hydrogens (tertiary/aromatic N) is 2.